The van der Waals surface area contributed by atoms with Crippen molar-refractivity contribution >= 4 is 16.8 Å². The van der Waals surface area contributed by atoms with Gasteiger partial charge in [0.1, 0.15) is 0 Å². The Morgan fingerprint density at radius 1 is 1.07 bits per heavy atom. The zero-order chi connectivity index (χ0) is 19.9. The van der Waals surface area contributed by atoms with Crippen LogP contribution in [-0.4, -0.2) is 45.4 Å². The number of benzene rings is 2. The van der Waals surface area contributed by atoms with Gasteiger partial charge in [-0.15, -0.1) is 0 Å². The SMILES string of the molecule is COCCNC(=O)C[C@@H](c1ccc(OC)c(OC)c1)c1c[nH]c2ccccc12. The van der Waals surface area contributed by atoms with Crippen molar-refractivity contribution in [3.63, 3.8) is 0 Å². The van der Waals surface area contributed by atoms with E-state index in [0.717, 1.165) is 22.0 Å². The maximum absolute atomic E-state index is 12.6. The van der Waals surface area contributed by atoms with Gasteiger partial charge in [-0.05, 0) is 29.3 Å². The molecule has 3 rings (SSSR count). The summed E-state index contributed by atoms with van der Waals surface area (Å²) >= 11 is 0. The molecule has 0 aliphatic carbocycles. The lowest BCUT2D eigenvalue weighted by molar-refractivity contribution is -0.121. The van der Waals surface area contributed by atoms with E-state index in [1.165, 1.54) is 0 Å². The molecule has 0 unspecified atom stereocenters. The van der Waals surface area contributed by atoms with Crippen LogP contribution >= 0.6 is 0 Å². The number of methoxy groups -OCH3 is 3. The first-order valence-corrected chi connectivity index (χ1v) is 9.21. The van der Waals surface area contributed by atoms with E-state index in [-0.39, 0.29) is 11.8 Å². The minimum Gasteiger partial charge on any atom is -0.493 e. The summed E-state index contributed by atoms with van der Waals surface area (Å²) in [5.74, 6) is 1.15. The third-order valence-corrected chi connectivity index (χ3v) is 4.82. The van der Waals surface area contributed by atoms with Crippen LogP contribution in [-0.2, 0) is 9.53 Å². The van der Waals surface area contributed by atoms with Crippen LogP contribution in [0.1, 0.15) is 23.5 Å². The van der Waals surface area contributed by atoms with Crippen molar-refractivity contribution in [2.24, 2.45) is 0 Å². The molecule has 6 heteroatoms. The molecular formula is C22H26N2O4. The number of aromatic nitrogens is 1. The molecule has 0 radical (unpaired) electrons. The van der Waals surface area contributed by atoms with Crippen LogP contribution in [0.3, 0.4) is 0 Å². The highest BCUT2D eigenvalue weighted by atomic mass is 16.5. The van der Waals surface area contributed by atoms with Gasteiger partial charge in [-0.1, -0.05) is 24.3 Å². The molecule has 1 aromatic heterocycles. The van der Waals surface area contributed by atoms with Gasteiger partial charge in [-0.3, -0.25) is 4.79 Å². The van der Waals surface area contributed by atoms with E-state index < -0.39 is 0 Å². The van der Waals surface area contributed by atoms with Crippen LogP contribution < -0.4 is 14.8 Å². The molecule has 6 nitrogen and oxygen atoms in total. The van der Waals surface area contributed by atoms with E-state index in [1.54, 1.807) is 21.3 Å². The Kier molecular flexibility index (Phi) is 6.55. The highest BCUT2D eigenvalue weighted by molar-refractivity contribution is 5.86. The number of carbonyl (C=O) groups is 1. The van der Waals surface area contributed by atoms with Gasteiger partial charge in [0.25, 0.3) is 0 Å². The quantitative estimate of drug-likeness (QED) is 0.556. The van der Waals surface area contributed by atoms with Gasteiger partial charge in [-0.2, -0.15) is 0 Å². The molecule has 1 amide bonds. The number of hydrogen-bond acceptors (Lipinski definition) is 4. The van der Waals surface area contributed by atoms with Crippen molar-refractivity contribution in [3.05, 3.63) is 59.8 Å². The predicted octanol–water partition coefficient (Wildman–Crippen LogP) is 3.47. The highest BCUT2D eigenvalue weighted by Crippen LogP contribution is 2.37. The number of hydrogen-bond donors (Lipinski definition) is 2. The maximum Gasteiger partial charge on any atom is 0.221 e. The first-order chi connectivity index (χ1) is 13.7. The zero-order valence-electron chi connectivity index (χ0n) is 16.5. The van der Waals surface area contributed by atoms with Gasteiger partial charge in [0.2, 0.25) is 5.91 Å². The van der Waals surface area contributed by atoms with Crippen molar-refractivity contribution in [1.29, 1.82) is 0 Å². The molecule has 0 aliphatic rings. The van der Waals surface area contributed by atoms with E-state index in [9.17, 15) is 4.79 Å². The first-order valence-electron chi connectivity index (χ1n) is 9.21. The fourth-order valence-corrected chi connectivity index (χ4v) is 3.41. The van der Waals surface area contributed by atoms with Crippen LogP contribution in [0.2, 0.25) is 0 Å². The van der Waals surface area contributed by atoms with Crippen LogP contribution in [0.15, 0.2) is 48.7 Å². The van der Waals surface area contributed by atoms with Gasteiger partial charge in [0.05, 0.1) is 20.8 Å². The smallest absolute Gasteiger partial charge is 0.221 e. The molecule has 0 bridgehead atoms. The largest absolute Gasteiger partial charge is 0.493 e. The van der Waals surface area contributed by atoms with Crippen molar-refractivity contribution in [2.45, 2.75) is 12.3 Å². The molecule has 148 valence electrons. The predicted molar refractivity (Wildman–Crippen MR) is 109 cm³/mol. The van der Waals surface area contributed by atoms with Crippen molar-refractivity contribution < 1.29 is 19.0 Å². The van der Waals surface area contributed by atoms with Crippen LogP contribution in [0.4, 0.5) is 0 Å². The lowest BCUT2D eigenvalue weighted by Crippen LogP contribution is -2.28. The minimum atomic E-state index is -0.126. The fraction of sp³-hybridized carbons (Fsp3) is 0.318. The van der Waals surface area contributed by atoms with Crippen molar-refractivity contribution in [1.82, 2.24) is 10.3 Å². The topological polar surface area (TPSA) is 72.6 Å². The molecule has 0 saturated heterocycles. The molecule has 28 heavy (non-hydrogen) atoms. The second-order valence-electron chi connectivity index (χ2n) is 6.50. The number of aromatic amines is 1. The average molecular weight is 382 g/mol. The standard InChI is InChI=1S/C22H26N2O4/c1-26-11-10-23-22(25)13-17(15-8-9-20(27-2)21(12-15)28-3)18-14-24-19-7-5-4-6-16(18)19/h4-9,12,14,17,24H,10-11,13H2,1-3H3,(H,23,25)/t17-/m0/s1. The van der Waals surface area contributed by atoms with Crippen molar-refractivity contribution in [3.8, 4) is 11.5 Å². The monoisotopic (exact) mass is 382 g/mol. The van der Waals surface area contributed by atoms with E-state index in [1.807, 2.05) is 42.6 Å². The number of H-pyrrole nitrogens is 1. The molecular weight excluding hydrogens is 356 g/mol. The zero-order valence-corrected chi connectivity index (χ0v) is 16.5. The molecule has 0 fully saturated rings. The number of para-hydroxylation sites is 1. The summed E-state index contributed by atoms with van der Waals surface area (Å²) in [6, 6.07) is 13.9. The van der Waals surface area contributed by atoms with E-state index >= 15 is 0 Å². The number of amides is 1. The minimum absolute atomic E-state index is 0.0258. The Bertz CT molecular complexity index is 935. The lowest BCUT2D eigenvalue weighted by Gasteiger charge is -2.19. The fourth-order valence-electron chi connectivity index (χ4n) is 3.41. The van der Waals surface area contributed by atoms with Crippen LogP contribution in [0.5, 0.6) is 11.5 Å². The first kappa shape index (κ1) is 19.8. The molecule has 1 atom stereocenters. The van der Waals surface area contributed by atoms with Crippen LogP contribution in [0, 0.1) is 0 Å². The Morgan fingerprint density at radius 3 is 2.61 bits per heavy atom. The molecule has 3 aromatic rings. The van der Waals surface area contributed by atoms with Gasteiger partial charge in [-0.25, -0.2) is 0 Å². The number of carbonyl (C=O) groups excluding carboxylic acids is 1. The summed E-state index contributed by atoms with van der Waals surface area (Å²) in [5, 5.41) is 4.02. The molecule has 0 aliphatic heterocycles. The Labute approximate surface area is 164 Å². The Morgan fingerprint density at radius 2 is 1.86 bits per heavy atom. The van der Waals surface area contributed by atoms with Crippen molar-refractivity contribution in [2.75, 3.05) is 34.5 Å². The maximum atomic E-state index is 12.6. The molecule has 2 N–H and O–H groups in total. The number of rotatable bonds is 9. The van der Waals surface area contributed by atoms with Gasteiger partial charge >= 0.3 is 0 Å². The summed E-state index contributed by atoms with van der Waals surface area (Å²) in [6.07, 6.45) is 2.30. The third-order valence-electron chi connectivity index (χ3n) is 4.82. The summed E-state index contributed by atoms with van der Waals surface area (Å²) < 4.78 is 15.8. The molecule has 0 spiro atoms. The van der Waals surface area contributed by atoms with Gasteiger partial charge < -0.3 is 24.5 Å². The van der Waals surface area contributed by atoms with E-state index in [4.69, 9.17) is 14.2 Å². The molecule has 2 aromatic carbocycles. The number of ether oxygens (including phenoxy) is 3. The second-order valence-corrected chi connectivity index (χ2v) is 6.50. The van der Waals surface area contributed by atoms with Crippen LogP contribution in [0.25, 0.3) is 10.9 Å². The summed E-state index contributed by atoms with van der Waals surface area (Å²) in [5.41, 5.74) is 3.11. The lowest BCUT2D eigenvalue weighted by atomic mass is 9.87. The Hall–Kier alpha value is -2.99. The molecule has 0 saturated carbocycles. The summed E-state index contributed by atoms with van der Waals surface area (Å²) in [6.45, 7) is 0.974. The van der Waals surface area contributed by atoms with E-state index in [0.29, 0.717) is 31.1 Å². The third kappa shape index (κ3) is 4.28. The normalized spacial score (nSPS) is 12.0. The van der Waals surface area contributed by atoms with E-state index in [2.05, 4.69) is 16.4 Å². The van der Waals surface area contributed by atoms with Gasteiger partial charge in [0.15, 0.2) is 11.5 Å². The molecule has 1 heterocycles. The van der Waals surface area contributed by atoms with Gasteiger partial charge in [0, 0.05) is 43.1 Å². The second kappa shape index (κ2) is 9.28. The highest BCUT2D eigenvalue weighted by Gasteiger charge is 2.22. The average Bonchev–Trinajstić information content (AvgIpc) is 3.15. The Balaban J connectivity index is 1.98. The number of nitrogens with one attached hydrogen (secondary N) is 2. The summed E-state index contributed by atoms with van der Waals surface area (Å²) in [7, 11) is 4.84. The summed E-state index contributed by atoms with van der Waals surface area (Å²) in [4.78, 5) is 15.9. The number of fused-ring (bicyclic) bond motifs is 1.